The predicted molar refractivity (Wildman–Crippen MR) is 62.7 cm³/mol. The van der Waals surface area contributed by atoms with Gasteiger partial charge < -0.3 is 0 Å². The van der Waals surface area contributed by atoms with Crippen molar-refractivity contribution < 1.29 is 4.79 Å². The fourth-order valence-corrected chi connectivity index (χ4v) is 3.45. The van der Waals surface area contributed by atoms with E-state index < -0.39 is 0 Å². The number of hydrogen-bond donors (Lipinski definition) is 0. The summed E-state index contributed by atoms with van der Waals surface area (Å²) in [7, 11) is 0. The molecule has 86 valence electrons. The van der Waals surface area contributed by atoms with Gasteiger partial charge in [0.1, 0.15) is 5.78 Å². The SMILES string of the molecule is CC1CCCC1C(=O)CC1CCCCC1. The van der Waals surface area contributed by atoms with Crippen molar-refractivity contribution in [1.29, 1.82) is 0 Å². The third kappa shape index (κ3) is 2.83. The van der Waals surface area contributed by atoms with Crippen molar-refractivity contribution in [3.63, 3.8) is 0 Å². The second kappa shape index (κ2) is 5.14. The molecule has 0 aromatic carbocycles. The van der Waals surface area contributed by atoms with Crippen molar-refractivity contribution in [2.75, 3.05) is 0 Å². The molecule has 1 nitrogen and oxygen atoms in total. The quantitative estimate of drug-likeness (QED) is 0.686. The molecule has 0 spiro atoms. The molecule has 2 rings (SSSR count). The highest BCUT2D eigenvalue weighted by Crippen LogP contribution is 2.35. The van der Waals surface area contributed by atoms with Gasteiger partial charge in [-0.3, -0.25) is 4.79 Å². The summed E-state index contributed by atoms with van der Waals surface area (Å²) in [4.78, 5) is 12.1. The first-order chi connectivity index (χ1) is 7.27. The molecule has 2 aliphatic rings. The number of carbonyl (C=O) groups excluding carboxylic acids is 1. The third-order valence-corrected chi connectivity index (χ3v) is 4.49. The van der Waals surface area contributed by atoms with E-state index in [9.17, 15) is 4.79 Å². The summed E-state index contributed by atoms with van der Waals surface area (Å²) in [5, 5.41) is 0. The molecule has 2 saturated carbocycles. The molecule has 0 amide bonds. The van der Waals surface area contributed by atoms with Gasteiger partial charge in [-0.05, 0) is 24.7 Å². The van der Waals surface area contributed by atoms with E-state index in [1.165, 1.54) is 51.4 Å². The lowest BCUT2D eigenvalue weighted by molar-refractivity contribution is -0.124. The minimum absolute atomic E-state index is 0.423. The maximum absolute atomic E-state index is 12.1. The average Bonchev–Trinajstić information content (AvgIpc) is 2.66. The van der Waals surface area contributed by atoms with Crippen LogP contribution in [0, 0.1) is 17.8 Å². The first-order valence-electron chi connectivity index (χ1n) is 6.80. The number of ketones is 1. The maximum Gasteiger partial charge on any atom is 0.136 e. The summed E-state index contributed by atoms with van der Waals surface area (Å²) in [5.74, 6) is 2.42. The van der Waals surface area contributed by atoms with Crippen LogP contribution in [0.1, 0.15) is 64.7 Å². The van der Waals surface area contributed by atoms with Crippen molar-refractivity contribution >= 4 is 5.78 Å². The largest absolute Gasteiger partial charge is 0.299 e. The van der Waals surface area contributed by atoms with E-state index >= 15 is 0 Å². The van der Waals surface area contributed by atoms with Crippen molar-refractivity contribution in [3.05, 3.63) is 0 Å². The lowest BCUT2D eigenvalue weighted by Gasteiger charge is -2.23. The highest BCUT2D eigenvalue weighted by atomic mass is 16.1. The molecule has 0 radical (unpaired) electrons. The second-order valence-electron chi connectivity index (χ2n) is 5.69. The highest BCUT2D eigenvalue weighted by molar-refractivity contribution is 5.81. The fraction of sp³-hybridized carbons (Fsp3) is 0.929. The Hall–Kier alpha value is -0.330. The molecule has 0 heterocycles. The van der Waals surface area contributed by atoms with Gasteiger partial charge >= 0.3 is 0 Å². The maximum atomic E-state index is 12.1. The van der Waals surface area contributed by atoms with E-state index in [1.807, 2.05) is 0 Å². The van der Waals surface area contributed by atoms with Crippen LogP contribution in [-0.2, 0) is 4.79 Å². The molecule has 0 bridgehead atoms. The molecule has 2 fully saturated rings. The summed E-state index contributed by atoms with van der Waals surface area (Å²) in [5.41, 5.74) is 0. The Morgan fingerprint density at radius 2 is 1.73 bits per heavy atom. The van der Waals surface area contributed by atoms with Crippen LogP contribution in [-0.4, -0.2) is 5.78 Å². The van der Waals surface area contributed by atoms with Crippen LogP contribution < -0.4 is 0 Å². The van der Waals surface area contributed by atoms with E-state index in [0.717, 1.165) is 12.3 Å². The van der Waals surface area contributed by atoms with E-state index in [4.69, 9.17) is 0 Å². The van der Waals surface area contributed by atoms with Gasteiger partial charge in [0.05, 0.1) is 0 Å². The minimum atomic E-state index is 0.423. The molecular formula is C14H24O. The molecule has 2 aliphatic carbocycles. The van der Waals surface area contributed by atoms with Gasteiger partial charge in [-0.1, -0.05) is 45.4 Å². The Morgan fingerprint density at radius 1 is 1.00 bits per heavy atom. The Morgan fingerprint density at radius 3 is 2.33 bits per heavy atom. The van der Waals surface area contributed by atoms with Crippen LogP contribution in [0.5, 0.6) is 0 Å². The molecule has 0 aromatic heterocycles. The Kier molecular flexibility index (Phi) is 3.82. The average molecular weight is 208 g/mol. The summed E-state index contributed by atoms with van der Waals surface area (Å²) in [6.07, 6.45) is 11.4. The standard InChI is InChI=1S/C14H24O/c1-11-6-5-9-13(11)14(15)10-12-7-3-2-4-8-12/h11-13H,2-10H2,1H3. The minimum Gasteiger partial charge on any atom is -0.299 e. The van der Waals surface area contributed by atoms with Crippen LogP contribution >= 0.6 is 0 Å². The molecular weight excluding hydrogens is 184 g/mol. The molecule has 0 aliphatic heterocycles. The molecule has 2 atom stereocenters. The third-order valence-electron chi connectivity index (χ3n) is 4.49. The zero-order chi connectivity index (χ0) is 10.7. The number of hydrogen-bond acceptors (Lipinski definition) is 1. The van der Waals surface area contributed by atoms with Gasteiger partial charge in [0.2, 0.25) is 0 Å². The van der Waals surface area contributed by atoms with Gasteiger partial charge in [-0.25, -0.2) is 0 Å². The first-order valence-corrected chi connectivity index (χ1v) is 6.80. The van der Waals surface area contributed by atoms with Crippen LogP contribution in [0.2, 0.25) is 0 Å². The van der Waals surface area contributed by atoms with Crippen molar-refractivity contribution in [3.8, 4) is 0 Å². The Balaban J connectivity index is 1.80. The van der Waals surface area contributed by atoms with E-state index in [2.05, 4.69) is 6.92 Å². The summed E-state index contributed by atoms with van der Waals surface area (Å²) in [6.45, 7) is 2.26. The summed E-state index contributed by atoms with van der Waals surface area (Å²) < 4.78 is 0. The predicted octanol–water partition coefficient (Wildman–Crippen LogP) is 3.96. The summed E-state index contributed by atoms with van der Waals surface area (Å²) in [6, 6.07) is 0. The first kappa shape index (κ1) is 11.2. The van der Waals surface area contributed by atoms with Gasteiger partial charge in [0.25, 0.3) is 0 Å². The van der Waals surface area contributed by atoms with Gasteiger partial charge in [-0.15, -0.1) is 0 Å². The Bertz CT molecular complexity index is 215. The zero-order valence-electron chi connectivity index (χ0n) is 10.0. The number of rotatable bonds is 3. The molecule has 2 unspecified atom stereocenters. The number of Topliss-reactive ketones (excluding diaryl/α,β-unsaturated/α-hetero) is 1. The van der Waals surface area contributed by atoms with Crippen LogP contribution in [0.15, 0.2) is 0 Å². The number of carbonyl (C=O) groups is 1. The highest BCUT2D eigenvalue weighted by Gasteiger charge is 2.30. The lowest BCUT2D eigenvalue weighted by Crippen LogP contribution is -2.21. The van der Waals surface area contributed by atoms with Crippen LogP contribution in [0.4, 0.5) is 0 Å². The monoisotopic (exact) mass is 208 g/mol. The molecule has 0 saturated heterocycles. The lowest BCUT2D eigenvalue weighted by atomic mass is 9.81. The Labute approximate surface area is 93.6 Å². The summed E-state index contributed by atoms with van der Waals surface area (Å²) >= 11 is 0. The molecule has 15 heavy (non-hydrogen) atoms. The molecule has 0 aromatic rings. The van der Waals surface area contributed by atoms with Gasteiger partial charge in [-0.2, -0.15) is 0 Å². The van der Waals surface area contributed by atoms with Crippen molar-refractivity contribution in [2.24, 2.45) is 17.8 Å². The smallest absolute Gasteiger partial charge is 0.136 e. The zero-order valence-corrected chi connectivity index (χ0v) is 10.0. The topological polar surface area (TPSA) is 17.1 Å². The normalized spacial score (nSPS) is 33.1. The second-order valence-corrected chi connectivity index (χ2v) is 5.69. The van der Waals surface area contributed by atoms with E-state index in [-0.39, 0.29) is 0 Å². The van der Waals surface area contributed by atoms with Gasteiger partial charge in [0.15, 0.2) is 0 Å². The van der Waals surface area contributed by atoms with Crippen LogP contribution in [0.3, 0.4) is 0 Å². The van der Waals surface area contributed by atoms with E-state index in [1.54, 1.807) is 0 Å². The van der Waals surface area contributed by atoms with Crippen LogP contribution in [0.25, 0.3) is 0 Å². The molecule has 0 N–H and O–H groups in total. The van der Waals surface area contributed by atoms with Crippen molar-refractivity contribution in [2.45, 2.75) is 64.7 Å². The fourth-order valence-electron chi connectivity index (χ4n) is 3.45. The molecule has 1 heteroatoms. The van der Waals surface area contributed by atoms with Gasteiger partial charge in [0, 0.05) is 12.3 Å². The van der Waals surface area contributed by atoms with Crippen molar-refractivity contribution in [1.82, 2.24) is 0 Å². The van der Waals surface area contributed by atoms with E-state index in [0.29, 0.717) is 17.6 Å².